The third kappa shape index (κ3) is 3.76. The van der Waals surface area contributed by atoms with Crippen LogP contribution in [-0.2, 0) is 14.8 Å². The highest BCUT2D eigenvalue weighted by atomic mass is 35.5. The second-order valence-corrected chi connectivity index (χ2v) is 8.74. The maximum Gasteiger partial charge on any atom is 0.338 e. The third-order valence-corrected chi connectivity index (χ3v) is 7.06. The van der Waals surface area contributed by atoms with Gasteiger partial charge in [-0.15, -0.1) is 0 Å². The largest absolute Gasteiger partial charge is 0.459 e. The van der Waals surface area contributed by atoms with Gasteiger partial charge in [0.05, 0.1) is 10.6 Å². The van der Waals surface area contributed by atoms with Gasteiger partial charge in [-0.3, -0.25) is 0 Å². The van der Waals surface area contributed by atoms with Crippen molar-refractivity contribution >= 4 is 27.6 Å². The van der Waals surface area contributed by atoms with Gasteiger partial charge in [-0.25, -0.2) is 13.2 Å². The van der Waals surface area contributed by atoms with Crippen LogP contribution in [0.15, 0.2) is 23.1 Å². The first kappa shape index (κ1) is 17.7. The monoisotopic (exact) mass is 371 g/mol. The van der Waals surface area contributed by atoms with Crippen LogP contribution in [-0.4, -0.2) is 37.9 Å². The van der Waals surface area contributed by atoms with E-state index in [2.05, 4.69) is 0 Å². The molecule has 5 nitrogen and oxygen atoms in total. The number of halogens is 1. The van der Waals surface area contributed by atoms with Crippen molar-refractivity contribution < 1.29 is 17.9 Å². The molecule has 0 spiro atoms. The molecule has 0 amide bonds. The van der Waals surface area contributed by atoms with E-state index in [1.165, 1.54) is 28.9 Å². The molecule has 1 aliphatic heterocycles. The van der Waals surface area contributed by atoms with Gasteiger partial charge in [0.1, 0.15) is 11.0 Å². The van der Waals surface area contributed by atoms with Crippen molar-refractivity contribution in [3.63, 3.8) is 0 Å². The number of hydrogen-bond acceptors (Lipinski definition) is 4. The van der Waals surface area contributed by atoms with Crippen LogP contribution in [0.4, 0.5) is 0 Å². The van der Waals surface area contributed by atoms with Gasteiger partial charge in [0.25, 0.3) is 0 Å². The highest BCUT2D eigenvalue weighted by molar-refractivity contribution is 7.89. The fraction of sp³-hybridized carbons (Fsp3) is 0.588. The molecular formula is C17H22ClNO4S. The average molecular weight is 372 g/mol. The average Bonchev–Trinajstić information content (AvgIpc) is 3.11. The van der Waals surface area contributed by atoms with E-state index in [-0.39, 0.29) is 21.6 Å². The van der Waals surface area contributed by atoms with E-state index in [1.54, 1.807) is 0 Å². The Labute approximate surface area is 148 Å². The highest BCUT2D eigenvalue weighted by Crippen LogP contribution is 2.29. The molecule has 24 heavy (non-hydrogen) atoms. The number of sulfonamides is 1. The van der Waals surface area contributed by atoms with Gasteiger partial charge in [-0.2, -0.15) is 4.31 Å². The van der Waals surface area contributed by atoms with Crippen molar-refractivity contribution in [2.75, 3.05) is 13.1 Å². The quantitative estimate of drug-likeness (QED) is 0.758. The minimum atomic E-state index is -3.66. The standard InChI is InChI=1S/C17H22ClNO4S/c18-15-9-8-13(17(20)23-14-6-2-1-3-7-14)12-16(15)24(21,22)19-10-4-5-11-19/h8-9,12,14H,1-7,10-11H2. The first-order valence-electron chi connectivity index (χ1n) is 8.49. The lowest BCUT2D eigenvalue weighted by molar-refractivity contribution is 0.0211. The molecule has 1 aliphatic carbocycles. The van der Waals surface area contributed by atoms with Gasteiger partial charge in [0.15, 0.2) is 0 Å². The maximum atomic E-state index is 12.7. The second kappa shape index (κ2) is 7.42. The fourth-order valence-corrected chi connectivity index (χ4v) is 5.32. The molecule has 1 saturated heterocycles. The van der Waals surface area contributed by atoms with E-state index in [0.29, 0.717) is 13.1 Å². The van der Waals surface area contributed by atoms with Gasteiger partial charge >= 0.3 is 5.97 Å². The molecule has 0 radical (unpaired) electrons. The van der Waals surface area contributed by atoms with Crippen LogP contribution in [0, 0.1) is 0 Å². The molecule has 1 saturated carbocycles. The van der Waals surface area contributed by atoms with Gasteiger partial charge < -0.3 is 4.74 Å². The number of carbonyl (C=O) groups is 1. The third-order valence-electron chi connectivity index (χ3n) is 4.68. The summed E-state index contributed by atoms with van der Waals surface area (Å²) in [7, 11) is -3.66. The second-order valence-electron chi connectivity index (χ2n) is 6.42. The Hall–Kier alpha value is -1.11. The number of rotatable bonds is 4. The van der Waals surface area contributed by atoms with Gasteiger partial charge in [0, 0.05) is 13.1 Å². The molecule has 132 valence electrons. The molecule has 3 rings (SSSR count). The summed E-state index contributed by atoms with van der Waals surface area (Å²) in [5, 5.41) is 0.135. The van der Waals surface area contributed by atoms with Crippen molar-refractivity contribution in [1.82, 2.24) is 4.31 Å². The summed E-state index contributed by atoms with van der Waals surface area (Å²) < 4.78 is 32.4. The zero-order valence-electron chi connectivity index (χ0n) is 13.5. The first-order valence-corrected chi connectivity index (χ1v) is 10.3. The molecule has 0 aromatic heterocycles. The van der Waals surface area contributed by atoms with Crippen molar-refractivity contribution in [1.29, 1.82) is 0 Å². The Morgan fingerprint density at radius 2 is 1.75 bits per heavy atom. The predicted octanol–water partition coefficient (Wildman–Crippen LogP) is 3.61. The molecule has 2 aliphatic rings. The molecule has 1 aromatic carbocycles. The molecule has 1 heterocycles. The Balaban J connectivity index is 1.81. The predicted molar refractivity (Wildman–Crippen MR) is 91.7 cm³/mol. The molecule has 0 unspecified atom stereocenters. The first-order chi connectivity index (χ1) is 11.5. The van der Waals surface area contributed by atoms with Crippen molar-refractivity contribution in [3.05, 3.63) is 28.8 Å². The summed E-state index contributed by atoms with van der Waals surface area (Å²) in [6, 6.07) is 4.33. The van der Waals surface area contributed by atoms with Crippen molar-refractivity contribution in [2.24, 2.45) is 0 Å². The minimum Gasteiger partial charge on any atom is -0.459 e. The normalized spacial score (nSPS) is 20.2. The minimum absolute atomic E-state index is 0.0100. The van der Waals surface area contributed by atoms with Crippen molar-refractivity contribution in [3.8, 4) is 0 Å². The highest BCUT2D eigenvalue weighted by Gasteiger charge is 2.30. The van der Waals surface area contributed by atoms with Crippen LogP contribution >= 0.6 is 11.6 Å². The van der Waals surface area contributed by atoms with E-state index >= 15 is 0 Å². The van der Waals surface area contributed by atoms with Crippen molar-refractivity contribution in [2.45, 2.75) is 55.9 Å². The topological polar surface area (TPSA) is 63.7 Å². The van der Waals surface area contributed by atoms with Crippen LogP contribution in [0.3, 0.4) is 0 Å². The molecule has 0 bridgehead atoms. The van der Waals surface area contributed by atoms with Gasteiger partial charge in [-0.1, -0.05) is 18.0 Å². The smallest absolute Gasteiger partial charge is 0.338 e. The number of esters is 1. The summed E-state index contributed by atoms with van der Waals surface area (Å²) in [4.78, 5) is 12.3. The molecular weight excluding hydrogens is 350 g/mol. The summed E-state index contributed by atoms with van der Waals surface area (Å²) in [6.07, 6.45) is 6.67. The molecule has 0 atom stereocenters. The van der Waals surface area contributed by atoms with Crippen LogP contribution in [0.25, 0.3) is 0 Å². The van der Waals surface area contributed by atoms with E-state index in [1.807, 2.05) is 0 Å². The number of hydrogen-bond donors (Lipinski definition) is 0. The Morgan fingerprint density at radius 3 is 2.42 bits per heavy atom. The van der Waals surface area contributed by atoms with Crippen LogP contribution in [0.5, 0.6) is 0 Å². The summed E-state index contributed by atoms with van der Waals surface area (Å²) in [5.41, 5.74) is 0.239. The number of benzene rings is 1. The van der Waals surface area contributed by atoms with Crippen LogP contribution in [0.2, 0.25) is 5.02 Å². The summed E-state index contributed by atoms with van der Waals surface area (Å²) in [6.45, 7) is 0.991. The Bertz CT molecular complexity index is 707. The van der Waals surface area contributed by atoms with Crippen LogP contribution in [0.1, 0.15) is 55.3 Å². The number of nitrogens with zero attached hydrogens (tertiary/aromatic N) is 1. The van der Waals surface area contributed by atoms with Crippen LogP contribution < -0.4 is 0 Å². The van der Waals surface area contributed by atoms with E-state index in [4.69, 9.17) is 16.3 Å². The number of ether oxygens (including phenoxy) is 1. The van der Waals surface area contributed by atoms with Gasteiger partial charge in [-0.05, 0) is 56.7 Å². The maximum absolute atomic E-state index is 12.7. The Kier molecular flexibility index (Phi) is 5.47. The zero-order valence-corrected chi connectivity index (χ0v) is 15.1. The SMILES string of the molecule is O=C(OC1CCCCC1)c1ccc(Cl)c(S(=O)(=O)N2CCCC2)c1. The van der Waals surface area contributed by atoms with E-state index in [9.17, 15) is 13.2 Å². The number of carbonyl (C=O) groups excluding carboxylic acids is 1. The summed E-state index contributed by atoms with van der Waals surface area (Å²) >= 11 is 6.10. The zero-order chi connectivity index (χ0) is 17.2. The lowest BCUT2D eigenvalue weighted by atomic mass is 9.98. The van der Waals surface area contributed by atoms with E-state index in [0.717, 1.165) is 38.5 Å². The molecule has 1 aromatic rings. The van der Waals surface area contributed by atoms with E-state index < -0.39 is 16.0 Å². The fourth-order valence-electron chi connectivity index (χ4n) is 3.30. The lowest BCUT2D eigenvalue weighted by Crippen LogP contribution is -2.28. The molecule has 0 N–H and O–H groups in total. The molecule has 7 heteroatoms. The Morgan fingerprint density at radius 1 is 1.08 bits per heavy atom. The lowest BCUT2D eigenvalue weighted by Gasteiger charge is -2.22. The summed E-state index contributed by atoms with van der Waals surface area (Å²) in [5.74, 6) is -0.476. The van der Waals surface area contributed by atoms with Gasteiger partial charge in [0.2, 0.25) is 10.0 Å². The molecule has 2 fully saturated rings.